The molecule has 1 unspecified atom stereocenters. The van der Waals surface area contributed by atoms with Crippen molar-refractivity contribution in [1.29, 1.82) is 0 Å². The average molecular weight is 254 g/mol. The molecule has 0 bridgehead atoms. The fraction of sp³-hybridized carbons (Fsp3) is 0.364. The van der Waals surface area contributed by atoms with Gasteiger partial charge in [0.05, 0.1) is 6.04 Å². The highest BCUT2D eigenvalue weighted by atomic mass is 79.9. The van der Waals surface area contributed by atoms with Crippen LogP contribution in [-0.2, 0) is 11.2 Å². The molecule has 1 N–H and O–H groups in total. The highest BCUT2D eigenvalue weighted by molar-refractivity contribution is 9.10. The van der Waals surface area contributed by atoms with Crippen molar-refractivity contribution in [2.24, 2.45) is 0 Å². The standard InChI is InChI=1S/C11H12BrNO/c12-9-3-1-8(2-4-9)7-10-11(14)5-6-13-10/h1-4,10,13H,5-7H2. The summed E-state index contributed by atoms with van der Waals surface area (Å²) in [4.78, 5) is 11.4. The number of benzene rings is 1. The molecule has 2 rings (SSSR count). The third-order valence-electron chi connectivity index (χ3n) is 2.50. The Morgan fingerprint density at radius 1 is 1.36 bits per heavy atom. The lowest BCUT2D eigenvalue weighted by molar-refractivity contribution is -0.118. The molecule has 2 nitrogen and oxygen atoms in total. The molecule has 1 aliphatic heterocycles. The first-order valence-electron chi connectivity index (χ1n) is 4.76. The Morgan fingerprint density at radius 3 is 2.64 bits per heavy atom. The van der Waals surface area contributed by atoms with E-state index >= 15 is 0 Å². The fourth-order valence-electron chi connectivity index (χ4n) is 1.70. The molecule has 0 spiro atoms. The normalized spacial score (nSPS) is 21.5. The van der Waals surface area contributed by atoms with Crippen LogP contribution in [0.1, 0.15) is 12.0 Å². The molecule has 0 radical (unpaired) electrons. The summed E-state index contributed by atoms with van der Waals surface area (Å²) >= 11 is 3.39. The number of hydrogen-bond acceptors (Lipinski definition) is 2. The molecule has 74 valence electrons. The van der Waals surface area contributed by atoms with Crippen LogP contribution >= 0.6 is 15.9 Å². The Hall–Kier alpha value is -0.670. The first kappa shape index (κ1) is 9.87. The molecular weight excluding hydrogens is 242 g/mol. The molecule has 1 saturated heterocycles. The minimum atomic E-state index is 0.0381. The molecule has 1 aromatic rings. The second-order valence-corrected chi connectivity index (χ2v) is 4.47. The minimum Gasteiger partial charge on any atom is -0.307 e. The van der Waals surface area contributed by atoms with E-state index in [2.05, 4.69) is 33.4 Å². The van der Waals surface area contributed by atoms with Gasteiger partial charge in [-0.05, 0) is 24.1 Å². The topological polar surface area (TPSA) is 29.1 Å². The zero-order chi connectivity index (χ0) is 9.97. The maximum atomic E-state index is 11.4. The molecule has 3 heteroatoms. The zero-order valence-corrected chi connectivity index (χ0v) is 9.38. The highest BCUT2D eigenvalue weighted by Gasteiger charge is 2.23. The van der Waals surface area contributed by atoms with Gasteiger partial charge in [-0.3, -0.25) is 4.79 Å². The summed E-state index contributed by atoms with van der Waals surface area (Å²) in [5.74, 6) is 0.341. The van der Waals surface area contributed by atoms with E-state index in [-0.39, 0.29) is 6.04 Å². The van der Waals surface area contributed by atoms with Crippen LogP contribution in [0.25, 0.3) is 0 Å². The zero-order valence-electron chi connectivity index (χ0n) is 7.79. The second kappa shape index (κ2) is 4.24. The predicted octanol–water partition coefficient (Wildman–Crippen LogP) is 1.92. The third kappa shape index (κ3) is 2.22. The van der Waals surface area contributed by atoms with E-state index in [1.54, 1.807) is 0 Å². The quantitative estimate of drug-likeness (QED) is 0.873. The number of Topliss-reactive ketones (excluding diaryl/α,β-unsaturated/α-hetero) is 1. The van der Waals surface area contributed by atoms with Gasteiger partial charge in [-0.25, -0.2) is 0 Å². The molecular formula is C11H12BrNO. The second-order valence-electron chi connectivity index (χ2n) is 3.55. The van der Waals surface area contributed by atoms with Crippen LogP contribution in [0.3, 0.4) is 0 Å². The summed E-state index contributed by atoms with van der Waals surface area (Å²) < 4.78 is 1.08. The lowest BCUT2D eigenvalue weighted by Crippen LogP contribution is -2.29. The number of rotatable bonds is 2. The van der Waals surface area contributed by atoms with E-state index in [1.807, 2.05) is 12.1 Å². The number of carbonyl (C=O) groups is 1. The average Bonchev–Trinajstić information content (AvgIpc) is 2.56. The Morgan fingerprint density at radius 2 is 2.07 bits per heavy atom. The van der Waals surface area contributed by atoms with Gasteiger partial charge in [0.2, 0.25) is 0 Å². The summed E-state index contributed by atoms with van der Waals surface area (Å²) in [7, 11) is 0. The van der Waals surface area contributed by atoms with Crippen molar-refractivity contribution in [2.75, 3.05) is 6.54 Å². The van der Waals surface area contributed by atoms with E-state index in [4.69, 9.17) is 0 Å². The Labute approximate surface area is 91.8 Å². The van der Waals surface area contributed by atoms with E-state index in [9.17, 15) is 4.79 Å². The van der Waals surface area contributed by atoms with Gasteiger partial charge in [0.1, 0.15) is 0 Å². The molecule has 14 heavy (non-hydrogen) atoms. The number of hydrogen-bond donors (Lipinski definition) is 1. The van der Waals surface area contributed by atoms with Crippen LogP contribution in [-0.4, -0.2) is 18.4 Å². The number of carbonyl (C=O) groups excluding carboxylic acids is 1. The molecule has 0 aliphatic carbocycles. The summed E-state index contributed by atoms with van der Waals surface area (Å²) in [6.07, 6.45) is 1.49. The summed E-state index contributed by atoms with van der Waals surface area (Å²) in [6, 6.07) is 8.16. The minimum absolute atomic E-state index is 0.0381. The van der Waals surface area contributed by atoms with Gasteiger partial charge in [-0.2, -0.15) is 0 Å². The van der Waals surface area contributed by atoms with Crippen molar-refractivity contribution in [1.82, 2.24) is 5.32 Å². The molecule has 1 heterocycles. The summed E-state index contributed by atoms with van der Waals surface area (Å²) in [6.45, 7) is 0.833. The Bertz CT molecular complexity index is 334. The smallest absolute Gasteiger partial charge is 0.151 e. The number of ketones is 1. The van der Waals surface area contributed by atoms with Crippen LogP contribution in [0.15, 0.2) is 28.7 Å². The molecule has 1 fully saturated rings. The fourth-order valence-corrected chi connectivity index (χ4v) is 1.96. The lowest BCUT2D eigenvalue weighted by atomic mass is 10.0. The van der Waals surface area contributed by atoms with Crippen molar-refractivity contribution in [2.45, 2.75) is 18.9 Å². The molecule has 1 aliphatic rings. The molecule has 0 saturated carbocycles. The van der Waals surface area contributed by atoms with Crippen LogP contribution < -0.4 is 5.32 Å². The first-order valence-corrected chi connectivity index (χ1v) is 5.55. The van der Waals surface area contributed by atoms with Gasteiger partial charge in [-0.1, -0.05) is 28.1 Å². The Balaban J connectivity index is 2.03. The van der Waals surface area contributed by atoms with Crippen molar-refractivity contribution in [3.8, 4) is 0 Å². The van der Waals surface area contributed by atoms with Crippen molar-refractivity contribution >= 4 is 21.7 Å². The maximum Gasteiger partial charge on any atom is 0.151 e. The maximum absolute atomic E-state index is 11.4. The van der Waals surface area contributed by atoms with Gasteiger partial charge in [0.15, 0.2) is 5.78 Å². The molecule has 0 aromatic heterocycles. The van der Waals surface area contributed by atoms with Gasteiger partial charge in [0.25, 0.3) is 0 Å². The van der Waals surface area contributed by atoms with Crippen LogP contribution in [0, 0.1) is 0 Å². The van der Waals surface area contributed by atoms with E-state index in [0.29, 0.717) is 12.2 Å². The Kier molecular flexibility index (Phi) is 2.99. The van der Waals surface area contributed by atoms with E-state index in [0.717, 1.165) is 17.4 Å². The third-order valence-corrected chi connectivity index (χ3v) is 3.03. The molecule has 1 aromatic carbocycles. The predicted molar refractivity (Wildman–Crippen MR) is 59.3 cm³/mol. The first-order chi connectivity index (χ1) is 6.75. The molecule has 0 amide bonds. The van der Waals surface area contributed by atoms with Crippen LogP contribution in [0.2, 0.25) is 0 Å². The lowest BCUT2D eigenvalue weighted by Gasteiger charge is -2.08. The van der Waals surface area contributed by atoms with E-state index in [1.165, 1.54) is 5.56 Å². The van der Waals surface area contributed by atoms with E-state index < -0.39 is 0 Å². The van der Waals surface area contributed by atoms with Crippen LogP contribution in [0.5, 0.6) is 0 Å². The van der Waals surface area contributed by atoms with Crippen LogP contribution in [0.4, 0.5) is 0 Å². The molecule has 1 atom stereocenters. The monoisotopic (exact) mass is 253 g/mol. The van der Waals surface area contributed by atoms with Crippen molar-refractivity contribution < 1.29 is 4.79 Å². The summed E-state index contributed by atoms with van der Waals surface area (Å²) in [5.41, 5.74) is 1.21. The number of nitrogens with one attached hydrogen (secondary N) is 1. The largest absolute Gasteiger partial charge is 0.307 e. The van der Waals surface area contributed by atoms with Crippen molar-refractivity contribution in [3.63, 3.8) is 0 Å². The van der Waals surface area contributed by atoms with Gasteiger partial charge in [0, 0.05) is 17.4 Å². The van der Waals surface area contributed by atoms with Gasteiger partial charge < -0.3 is 5.32 Å². The highest BCUT2D eigenvalue weighted by Crippen LogP contribution is 2.13. The van der Waals surface area contributed by atoms with Gasteiger partial charge in [-0.15, -0.1) is 0 Å². The van der Waals surface area contributed by atoms with Crippen molar-refractivity contribution in [3.05, 3.63) is 34.3 Å². The number of halogens is 1. The van der Waals surface area contributed by atoms with Gasteiger partial charge >= 0.3 is 0 Å². The SMILES string of the molecule is O=C1CCNC1Cc1ccc(Br)cc1. The summed E-state index contributed by atoms with van der Waals surface area (Å²) in [5, 5.41) is 3.21.